The number of non-ortho nitro benzene ring substituents is 1. The van der Waals surface area contributed by atoms with Gasteiger partial charge in [0.25, 0.3) is 5.69 Å². The fourth-order valence-corrected chi connectivity index (χ4v) is 3.90. The summed E-state index contributed by atoms with van der Waals surface area (Å²) in [5.41, 5.74) is 1.58. The molecule has 0 unspecified atom stereocenters. The molecule has 0 aromatic heterocycles. The molecule has 4 rings (SSSR count). The number of anilines is 1. The molecule has 26 heavy (non-hydrogen) atoms. The molecule has 2 aromatic carbocycles. The van der Waals surface area contributed by atoms with Crippen LogP contribution >= 0.6 is 0 Å². The lowest BCUT2D eigenvalue weighted by molar-refractivity contribution is -0.384. The Morgan fingerprint density at radius 2 is 1.85 bits per heavy atom. The van der Waals surface area contributed by atoms with Gasteiger partial charge in [-0.25, -0.2) is 0 Å². The standard InChI is InChI=1S/C19H15F3N2O2/c20-19(21,22)12-6-9-17-16(10-12)14-2-1-3-15(14)18(23-17)11-4-7-13(8-5-11)24(25)26/h1-2,4-10,14-15,18,23H,3H2/t14-,15+,18+/m1/s1. The number of alkyl halides is 3. The zero-order valence-electron chi connectivity index (χ0n) is 13.5. The summed E-state index contributed by atoms with van der Waals surface area (Å²) in [6.45, 7) is 0. The topological polar surface area (TPSA) is 55.2 Å². The van der Waals surface area contributed by atoms with Gasteiger partial charge >= 0.3 is 6.18 Å². The van der Waals surface area contributed by atoms with Crippen molar-refractivity contribution in [2.24, 2.45) is 5.92 Å². The number of nitrogens with one attached hydrogen (secondary N) is 1. The van der Waals surface area contributed by atoms with Gasteiger partial charge in [0.2, 0.25) is 0 Å². The summed E-state index contributed by atoms with van der Waals surface area (Å²) in [7, 11) is 0. The summed E-state index contributed by atoms with van der Waals surface area (Å²) in [5, 5.41) is 14.2. The van der Waals surface area contributed by atoms with E-state index < -0.39 is 16.7 Å². The van der Waals surface area contributed by atoms with Gasteiger partial charge in [-0.15, -0.1) is 0 Å². The number of nitrogens with zero attached hydrogens (tertiary/aromatic N) is 1. The Labute approximate surface area is 147 Å². The number of allylic oxidation sites excluding steroid dienone is 2. The minimum absolute atomic E-state index is 0.0147. The molecule has 3 atom stereocenters. The highest BCUT2D eigenvalue weighted by Crippen LogP contribution is 2.50. The van der Waals surface area contributed by atoms with Crippen LogP contribution in [0.4, 0.5) is 24.5 Å². The largest absolute Gasteiger partial charge is 0.416 e. The van der Waals surface area contributed by atoms with Crippen molar-refractivity contribution in [2.75, 3.05) is 5.32 Å². The van der Waals surface area contributed by atoms with E-state index >= 15 is 0 Å². The highest BCUT2D eigenvalue weighted by Gasteiger charge is 2.40. The molecule has 1 aliphatic heterocycles. The van der Waals surface area contributed by atoms with Crippen LogP contribution in [0.2, 0.25) is 0 Å². The SMILES string of the molecule is O=[N+]([O-])c1ccc([C@@H]2Nc3ccc(C(F)(F)F)cc3[C@@H]3C=CC[C@@H]32)cc1. The van der Waals surface area contributed by atoms with Gasteiger partial charge in [0.15, 0.2) is 0 Å². The van der Waals surface area contributed by atoms with E-state index in [1.165, 1.54) is 24.3 Å². The molecule has 7 heteroatoms. The van der Waals surface area contributed by atoms with Crippen LogP contribution in [0.15, 0.2) is 54.6 Å². The normalized spacial score (nSPS) is 23.9. The Morgan fingerprint density at radius 3 is 2.50 bits per heavy atom. The van der Waals surface area contributed by atoms with Crippen molar-refractivity contribution in [3.8, 4) is 0 Å². The number of benzene rings is 2. The minimum atomic E-state index is -4.37. The van der Waals surface area contributed by atoms with Gasteiger partial charge in [-0.2, -0.15) is 13.2 Å². The average molecular weight is 360 g/mol. The van der Waals surface area contributed by atoms with Crippen LogP contribution in [0.1, 0.15) is 35.1 Å². The third kappa shape index (κ3) is 2.73. The molecule has 134 valence electrons. The van der Waals surface area contributed by atoms with E-state index in [1.807, 2.05) is 12.2 Å². The summed E-state index contributed by atoms with van der Waals surface area (Å²) in [4.78, 5) is 10.4. The lowest BCUT2D eigenvalue weighted by atomic mass is 9.76. The number of hydrogen-bond donors (Lipinski definition) is 1. The Bertz CT molecular complexity index is 891. The van der Waals surface area contributed by atoms with Gasteiger partial charge < -0.3 is 5.32 Å². The summed E-state index contributed by atoms with van der Waals surface area (Å²) in [6, 6.07) is 9.99. The predicted octanol–water partition coefficient (Wildman–Crippen LogP) is 5.44. The van der Waals surface area contributed by atoms with Crippen molar-refractivity contribution >= 4 is 11.4 Å². The summed E-state index contributed by atoms with van der Waals surface area (Å²) in [5.74, 6) is -0.0267. The molecule has 0 saturated heterocycles. The smallest absolute Gasteiger partial charge is 0.378 e. The summed E-state index contributed by atoms with van der Waals surface area (Å²) >= 11 is 0. The molecule has 2 aromatic rings. The van der Waals surface area contributed by atoms with Crippen LogP contribution in [-0.4, -0.2) is 4.92 Å². The molecule has 0 saturated carbocycles. The fraction of sp³-hybridized carbons (Fsp3) is 0.263. The van der Waals surface area contributed by atoms with Crippen LogP contribution in [0.25, 0.3) is 0 Å². The second-order valence-electron chi connectivity index (χ2n) is 6.62. The molecule has 0 fully saturated rings. The number of hydrogen-bond acceptors (Lipinski definition) is 3. The second-order valence-corrected chi connectivity index (χ2v) is 6.62. The molecular formula is C19H15F3N2O2. The van der Waals surface area contributed by atoms with Crippen molar-refractivity contribution in [1.82, 2.24) is 0 Å². The van der Waals surface area contributed by atoms with Crippen molar-refractivity contribution in [3.63, 3.8) is 0 Å². The van der Waals surface area contributed by atoms with Crippen LogP contribution in [-0.2, 0) is 6.18 Å². The van der Waals surface area contributed by atoms with Crippen LogP contribution < -0.4 is 5.32 Å². The van der Waals surface area contributed by atoms with Crippen molar-refractivity contribution in [1.29, 1.82) is 0 Å². The van der Waals surface area contributed by atoms with E-state index in [0.29, 0.717) is 11.3 Å². The average Bonchev–Trinajstić information content (AvgIpc) is 3.10. The van der Waals surface area contributed by atoms with Gasteiger partial charge in [0.05, 0.1) is 16.5 Å². The third-order valence-corrected chi connectivity index (χ3v) is 5.15. The van der Waals surface area contributed by atoms with Gasteiger partial charge in [-0.05, 0) is 41.7 Å². The molecule has 1 N–H and O–H groups in total. The fourth-order valence-electron chi connectivity index (χ4n) is 3.90. The number of nitro groups is 1. The van der Waals surface area contributed by atoms with E-state index in [0.717, 1.165) is 18.1 Å². The van der Waals surface area contributed by atoms with E-state index in [4.69, 9.17) is 0 Å². The van der Waals surface area contributed by atoms with E-state index in [1.54, 1.807) is 12.1 Å². The van der Waals surface area contributed by atoms with Crippen molar-refractivity contribution in [2.45, 2.75) is 24.6 Å². The minimum Gasteiger partial charge on any atom is -0.378 e. The van der Waals surface area contributed by atoms with E-state index in [2.05, 4.69) is 5.32 Å². The number of halogens is 3. The molecular weight excluding hydrogens is 345 g/mol. The third-order valence-electron chi connectivity index (χ3n) is 5.15. The van der Waals surface area contributed by atoms with Crippen molar-refractivity contribution < 1.29 is 18.1 Å². The molecule has 2 aliphatic rings. The van der Waals surface area contributed by atoms with Gasteiger partial charge in [-0.1, -0.05) is 24.3 Å². The van der Waals surface area contributed by atoms with Crippen LogP contribution in [0, 0.1) is 16.0 Å². The molecule has 0 amide bonds. The highest BCUT2D eigenvalue weighted by atomic mass is 19.4. The van der Waals surface area contributed by atoms with Gasteiger partial charge in [0.1, 0.15) is 0 Å². The lowest BCUT2D eigenvalue weighted by Gasteiger charge is -2.37. The Kier molecular flexibility index (Phi) is 3.75. The summed E-state index contributed by atoms with van der Waals surface area (Å²) < 4.78 is 39.2. The highest BCUT2D eigenvalue weighted by molar-refractivity contribution is 5.61. The zero-order valence-corrected chi connectivity index (χ0v) is 13.5. The van der Waals surface area contributed by atoms with Crippen LogP contribution in [0.3, 0.4) is 0 Å². The Balaban J connectivity index is 1.72. The van der Waals surface area contributed by atoms with Crippen LogP contribution in [0.5, 0.6) is 0 Å². The van der Waals surface area contributed by atoms with E-state index in [9.17, 15) is 23.3 Å². The molecule has 1 aliphatic carbocycles. The number of rotatable bonds is 2. The first-order chi connectivity index (χ1) is 12.3. The summed E-state index contributed by atoms with van der Waals surface area (Å²) in [6.07, 6.45) is 0.324. The maximum absolute atomic E-state index is 13.1. The number of fused-ring (bicyclic) bond motifs is 3. The van der Waals surface area contributed by atoms with Gasteiger partial charge in [0, 0.05) is 23.7 Å². The first-order valence-electron chi connectivity index (χ1n) is 8.23. The monoisotopic (exact) mass is 360 g/mol. The number of nitro benzene ring substituents is 1. The van der Waals surface area contributed by atoms with E-state index in [-0.39, 0.29) is 23.6 Å². The van der Waals surface area contributed by atoms with Gasteiger partial charge in [-0.3, -0.25) is 10.1 Å². The first-order valence-corrected chi connectivity index (χ1v) is 8.23. The maximum atomic E-state index is 13.1. The first kappa shape index (κ1) is 16.6. The Morgan fingerprint density at radius 1 is 1.12 bits per heavy atom. The molecule has 0 spiro atoms. The lowest BCUT2D eigenvalue weighted by Crippen LogP contribution is -2.29. The molecule has 0 bridgehead atoms. The Hall–Kier alpha value is -2.83. The second kappa shape index (κ2) is 5.86. The molecule has 1 heterocycles. The molecule has 0 radical (unpaired) electrons. The van der Waals surface area contributed by atoms with Crippen molar-refractivity contribution in [3.05, 3.63) is 81.4 Å². The quantitative estimate of drug-likeness (QED) is 0.441. The predicted molar refractivity (Wildman–Crippen MR) is 90.9 cm³/mol. The maximum Gasteiger partial charge on any atom is 0.416 e. The molecule has 4 nitrogen and oxygen atoms in total. The zero-order chi connectivity index (χ0) is 18.5.